The van der Waals surface area contributed by atoms with Gasteiger partial charge in [0.05, 0.1) is 17.9 Å². The molecule has 158 valence electrons. The van der Waals surface area contributed by atoms with E-state index in [-0.39, 0.29) is 10.8 Å². The maximum Gasteiger partial charge on any atom is 0.434 e. The molecule has 3 rings (SSSR count). The lowest BCUT2D eigenvalue weighted by Crippen LogP contribution is -2.45. The summed E-state index contributed by atoms with van der Waals surface area (Å²) in [7, 11) is 2.01. The van der Waals surface area contributed by atoms with Crippen molar-refractivity contribution in [1.29, 1.82) is 0 Å². The summed E-state index contributed by atoms with van der Waals surface area (Å²) >= 11 is 0. The van der Waals surface area contributed by atoms with Crippen LogP contribution in [0.4, 0.5) is 0 Å². The monoisotopic (exact) mass is 403 g/mol. The smallest absolute Gasteiger partial charge is 0.392 e. The average Bonchev–Trinajstić information content (AvgIpc) is 3.26. The number of nitrogens with zero attached hydrogens (tertiary/aromatic N) is 6. The van der Waals surface area contributed by atoms with E-state index in [1.165, 1.54) is 0 Å². The normalized spacial score (nSPS) is 13.2. The Morgan fingerprint density at radius 2 is 1.79 bits per heavy atom. The van der Waals surface area contributed by atoms with Crippen LogP contribution in [0.15, 0.2) is 15.5 Å². The number of aromatic nitrogens is 8. The molecule has 0 aliphatic carbocycles. The fourth-order valence-corrected chi connectivity index (χ4v) is 3.40. The molecule has 10 nitrogen and oxygen atoms in total. The van der Waals surface area contributed by atoms with E-state index in [9.17, 15) is 4.79 Å². The molecule has 2 N–H and O–H groups in total. The Balaban J connectivity index is 1.77. The molecular formula is C19H31N8O2+. The highest BCUT2D eigenvalue weighted by Crippen LogP contribution is 2.26. The van der Waals surface area contributed by atoms with Crippen molar-refractivity contribution >= 4 is 0 Å². The molecule has 0 aliphatic rings. The van der Waals surface area contributed by atoms with Crippen LogP contribution in [0.25, 0.3) is 0 Å². The van der Waals surface area contributed by atoms with Crippen molar-refractivity contribution in [2.24, 2.45) is 7.05 Å². The van der Waals surface area contributed by atoms with E-state index in [0.717, 1.165) is 11.6 Å². The summed E-state index contributed by atoms with van der Waals surface area (Å²) in [5.74, 6) is 2.30. The lowest BCUT2D eigenvalue weighted by atomic mass is 9.89. The summed E-state index contributed by atoms with van der Waals surface area (Å²) in [6.45, 7) is 15.2. The quantitative estimate of drug-likeness (QED) is 0.598. The van der Waals surface area contributed by atoms with E-state index in [2.05, 4.69) is 64.6 Å². The van der Waals surface area contributed by atoms with Crippen LogP contribution in [0.1, 0.15) is 71.8 Å². The summed E-state index contributed by atoms with van der Waals surface area (Å²) in [5, 5.41) is 19.7. The topological polar surface area (TPSA) is 122 Å². The van der Waals surface area contributed by atoms with Crippen molar-refractivity contribution in [3.63, 3.8) is 0 Å². The molecule has 0 unspecified atom stereocenters. The Morgan fingerprint density at radius 3 is 2.34 bits per heavy atom. The van der Waals surface area contributed by atoms with Gasteiger partial charge in [-0.2, -0.15) is 0 Å². The van der Waals surface area contributed by atoms with Crippen molar-refractivity contribution < 1.29 is 9.10 Å². The third-order valence-electron chi connectivity index (χ3n) is 4.89. The average molecular weight is 404 g/mol. The van der Waals surface area contributed by atoms with Crippen molar-refractivity contribution in [3.8, 4) is 0 Å². The van der Waals surface area contributed by atoms with Gasteiger partial charge in [-0.1, -0.05) is 34.6 Å². The largest absolute Gasteiger partial charge is 0.434 e. The number of hydrogen-bond donors (Lipinski definition) is 2. The summed E-state index contributed by atoms with van der Waals surface area (Å²) in [5.41, 5.74) is -0.837. The molecule has 0 radical (unpaired) electrons. The molecule has 0 aromatic carbocycles. The zero-order valence-corrected chi connectivity index (χ0v) is 18.5. The lowest BCUT2D eigenvalue weighted by Gasteiger charge is -2.19. The number of aromatic amines is 2. The van der Waals surface area contributed by atoms with E-state index in [1.54, 1.807) is 0 Å². The highest BCUT2D eigenvalue weighted by atomic mass is 16.4. The molecule has 0 saturated heterocycles. The second-order valence-corrected chi connectivity index (χ2v) is 9.98. The zero-order chi connectivity index (χ0) is 21.6. The summed E-state index contributed by atoms with van der Waals surface area (Å²) in [6, 6.07) is 0. The standard InChI is InChI=1S/C19H30N8O2/c1-17(2,3)14-25-27(11-26(14)8)10-19(6,7)13-20-12(21-22-13)9-18(4,5)15-23-24-16(28)29-15/h11H,9-10H2,1-8H3,(H-,20,21,22,24,28)/p+1. The Bertz CT molecular complexity index is 1040. The molecule has 10 heteroatoms. The van der Waals surface area contributed by atoms with Gasteiger partial charge >= 0.3 is 5.76 Å². The second kappa shape index (κ2) is 6.93. The number of hydrogen-bond acceptors (Lipinski definition) is 6. The highest BCUT2D eigenvalue weighted by molar-refractivity contribution is 5.08. The second-order valence-electron chi connectivity index (χ2n) is 9.98. The lowest BCUT2D eigenvalue weighted by molar-refractivity contribution is -0.758. The molecule has 0 fully saturated rings. The molecule has 0 saturated carbocycles. The first-order valence-electron chi connectivity index (χ1n) is 9.69. The number of H-pyrrole nitrogens is 2. The highest BCUT2D eigenvalue weighted by Gasteiger charge is 2.34. The third-order valence-corrected chi connectivity index (χ3v) is 4.89. The van der Waals surface area contributed by atoms with Gasteiger partial charge in [0.2, 0.25) is 11.7 Å². The maximum atomic E-state index is 11.3. The molecule has 0 amide bonds. The predicted octanol–water partition coefficient (Wildman–Crippen LogP) is 1.30. The molecule has 0 atom stereocenters. The minimum Gasteiger partial charge on any atom is -0.392 e. The fourth-order valence-electron chi connectivity index (χ4n) is 3.40. The van der Waals surface area contributed by atoms with Crippen molar-refractivity contribution in [1.82, 2.24) is 35.0 Å². The number of nitrogens with one attached hydrogen (secondary N) is 2. The molecule has 0 spiro atoms. The Morgan fingerprint density at radius 1 is 1.10 bits per heavy atom. The Hall–Kier alpha value is -2.78. The molecule has 3 aromatic rings. The maximum absolute atomic E-state index is 11.3. The summed E-state index contributed by atoms with van der Waals surface area (Å²) in [4.78, 5) is 14.6. The Labute approximate surface area is 169 Å². The van der Waals surface area contributed by atoms with Crippen LogP contribution in [0.5, 0.6) is 0 Å². The van der Waals surface area contributed by atoms with E-state index >= 15 is 0 Å². The van der Waals surface area contributed by atoms with Crippen LogP contribution in [0.3, 0.4) is 0 Å². The van der Waals surface area contributed by atoms with Crippen LogP contribution in [-0.4, -0.2) is 35.0 Å². The molecule has 3 aromatic heterocycles. The number of aryl methyl sites for hydroxylation is 1. The van der Waals surface area contributed by atoms with Gasteiger partial charge in [0.1, 0.15) is 18.2 Å². The molecule has 29 heavy (non-hydrogen) atoms. The van der Waals surface area contributed by atoms with Gasteiger partial charge in [-0.15, -0.1) is 20.0 Å². The van der Waals surface area contributed by atoms with Gasteiger partial charge in [0.25, 0.3) is 6.33 Å². The molecule has 3 heterocycles. The van der Waals surface area contributed by atoms with Crippen LogP contribution in [0, 0.1) is 0 Å². The van der Waals surface area contributed by atoms with Crippen LogP contribution in [0.2, 0.25) is 0 Å². The first kappa shape index (κ1) is 20.9. The van der Waals surface area contributed by atoms with Gasteiger partial charge in [-0.05, 0) is 18.9 Å². The van der Waals surface area contributed by atoms with Crippen molar-refractivity contribution in [2.45, 2.75) is 77.7 Å². The van der Waals surface area contributed by atoms with E-state index < -0.39 is 11.2 Å². The fraction of sp³-hybridized carbons (Fsp3) is 0.684. The molecule has 0 aliphatic heterocycles. The van der Waals surface area contributed by atoms with E-state index in [0.29, 0.717) is 24.7 Å². The molecule has 0 bridgehead atoms. The van der Waals surface area contributed by atoms with E-state index in [1.807, 2.05) is 31.9 Å². The van der Waals surface area contributed by atoms with Crippen LogP contribution in [-0.2, 0) is 36.3 Å². The zero-order valence-electron chi connectivity index (χ0n) is 18.5. The van der Waals surface area contributed by atoms with Crippen molar-refractivity contribution in [3.05, 3.63) is 40.2 Å². The van der Waals surface area contributed by atoms with Crippen molar-refractivity contribution in [2.75, 3.05) is 0 Å². The predicted molar refractivity (Wildman–Crippen MR) is 105 cm³/mol. The Kier molecular flexibility index (Phi) is 5.00. The van der Waals surface area contributed by atoms with Gasteiger partial charge < -0.3 is 9.40 Å². The minimum atomic E-state index is -0.561. The number of rotatable bonds is 6. The summed E-state index contributed by atoms with van der Waals surface area (Å²) in [6.07, 6.45) is 2.51. The van der Waals surface area contributed by atoms with E-state index in [4.69, 9.17) is 9.52 Å². The van der Waals surface area contributed by atoms with Gasteiger partial charge in [-0.25, -0.2) is 14.5 Å². The molecular weight excluding hydrogens is 372 g/mol. The van der Waals surface area contributed by atoms with Gasteiger partial charge in [0.15, 0.2) is 0 Å². The van der Waals surface area contributed by atoms with Crippen LogP contribution >= 0.6 is 0 Å². The SMILES string of the molecule is Cn1c[n+](CC(C)(C)c2nnc(CC(C)(C)c3n[nH]c(=O)o3)[nH]2)nc1C(C)(C)C. The first-order valence-corrected chi connectivity index (χ1v) is 9.69. The van der Waals surface area contributed by atoms with Crippen LogP contribution < -0.4 is 10.4 Å². The van der Waals surface area contributed by atoms with Gasteiger partial charge in [-0.3, -0.25) is 0 Å². The minimum absolute atomic E-state index is 0.0313. The summed E-state index contributed by atoms with van der Waals surface area (Å²) < 4.78 is 9.12. The van der Waals surface area contributed by atoms with Gasteiger partial charge in [0, 0.05) is 11.8 Å². The third kappa shape index (κ3) is 4.46. The first-order chi connectivity index (χ1) is 13.3.